The van der Waals surface area contributed by atoms with Crippen molar-refractivity contribution in [3.8, 4) is 0 Å². The van der Waals surface area contributed by atoms with Crippen LogP contribution in [-0.2, 0) is 9.47 Å². The van der Waals surface area contributed by atoms with Gasteiger partial charge in [0.1, 0.15) is 0 Å². The first-order valence-corrected chi connectivity index (χ1v) is 5.39. The largest absolute Gasteiger partial charge is 0.386 e. The number of rotatable bonds is 2. The average Bonchev–Trinajstić information content (AvgIpc) is 2.27. The van der Waals surface area contributed by atoms with Crippen LogP contribution in [0.2, 0.25) is 0 Å². The van der Waals surface area contributed by atoms with Crippen LogP contribution in [0.3, 0.4) is 0 Å². The van der Waals surface area contributed by atoms with Gasteiger partial charge >= 0.3 is 0 Å². The van der Waals surface area contributed by atoms with Gasteiger partial charge in [0.15, 0.2) is 0 Å². The van der Waals surface area contributed by atoms with Gasteiger partial charge in [-0.2, -0.15) is 0 Å². The Labute approximate surface area is 84.7 Å². The lowest BCUT2D eigenvalue weighted by Crippen LogP contribution is -2.46. The first kappa shape index (κ1) is 10.1. The van der Waals surface area contributed by atoms with Crippen LogP contribution in [0.25, 0.3) is 0 Å². The molecule has 2 aliphatic heterocycles. The van der Waals surface area contributed by atoms with Crippen LogP contribution in [0.1, 0.15) is 25.7 Å². The second-order valence-corrected chi connectivity index (χ2v) is 4.07. The fourth-order valence-electron chi connectivity index (χ4n) is 2.26. The molecule has 0 aromatic heterocycles. The van der Waals surface area contributed by atoms with E-state index in [4.69, 9.17) is 9.47 Å². The molecule has 0 aromatic rings. The Balaban J connectivity index is 1.92. The molecule has 2 aliphatic rings. The van der Waals surface area contributed by atoms with Gasteiger partial charge in [-0.15, -0.1) is 6.58 Å². The van der Waals surface area contributed by atoms with Crippen molar-refractivity contribution < 1.29 is 14.6 Å². The molecule has 2 fully saturated rings. The number of aliphatic hydroxyl groups excluding tert-OH is 1. The molecule has 0 bridgehead atoms. The van der Waals surface area contributed by atoms with E-state index in [1.165, 1.54) is 0 Å². The van der Waals surface area contributed by atoms with Gasteiger partial charge in [-0.25, -0.2) is 0 Å². The van der Waals surface area contributed by atoms with Gasteiger partial charge in [-0.1, -0.05) is 6.08 Å². The minimum absolute atomic E-state index is 0.0737. The molecule has 2 saturated heterocycles. The average molecular weight is 198 g/mol. The quantitative estimate of drug-likeness (QED) is 0.679. The summed E-state index contributed by atoms with van der Waals surface area (Å²) in [4.78, 5) is 0. The van der Waals surface area contributed by atoms with Crippen LogP contribution < -0.4 is 0 Å². The van der Waals surface area contributed by atoms with E-state index in [1.807, 2.05) is 0 Å². The van der Waals surface area contributed by atoms with Gasteiger partial charge in [-0.05, 0) is 25.7 Å². The van der Waals surface area contributed by atoms with Gasteiger partial charge in [0.25, 0.3) is 0 Å². The first-order valence-electron chi connectivity index (χ1n) is 5.39. The number of hydrogen-bond acceptors (Lipinski definition) is 3. The molecule has 0 radical (unpaired) electrons. The Kier molecular flexibility index (Phi) is 3.21. The predicted octanol–water partition coefficient (Wildman–Crippen LogP) is 1.26. The molecule has 1 N–H and O–H groups in total. The standard InChI is InChI=1S/C11H18O3/c1-2-8(12)9-5-6-10-11(14-9)4-3-7-13-10/h2,8-12H,1,3-7H2/t8-,9+,10+,11-/m0/s1. The zero-order valence-electron chi connectivity index (χ0n) is 8.39. The molecule has 3 nitrogen and oxygen atoms in total. The van der Waals surface area contributed by atoms with Crippen molar-refractivity contribution in [3.05, 3.63) is 12.7 Å². The molecule has 0 aromatic carbocycles. The van der Waals surface area contributed by atoms with Gasteiger partial charge in [0, 0.05) is 6.61 Å². The Hall–Kier alpha value is -0.380. The van der Waals surface area contributed by atoms with Crippen molar-refractivity contribution in [2.45, 2.75) is 50.1 Å². The zero-order chi connectivity index (χ0) is 9.97. The van der Waals surface area contributed by atoms with Crippen molar-refractivity contribution in [3.63, 3.8) is 0 Å². The molecule has 0 spiro atoms. The number of ether oxygens (including phenoxy) is 2. The van der Waals surface area contributed by atoms with Crippen molar-refractivity contribution in [1.29, 1.82) is 0 Å². The Morgan fingerprint density at radius 3 is 2.93 bits per heavy atom. The first-order chi connectivity index (χ1) is 6.81. The van der Waals surface area contributed by atoms with E-state index in [9.17, 15) is 5.11 Å². The lowest BCUT2D eigenvalue weighted by molar-refractivity contribution is -0.180. The van der Waals surface area contributed by atoms with Crippen molar-refractivity contribution in [2.24, 2.45) is 0 Å². The minimum atomic E-state index is -0.530. The molecular formula is C11H18O3. The SMILES string of the molecule is C=C[C@H](O)[C@H]1CC[C@H]2OCCC[C@@H]2O1. The monoisotopic (exact) mass is 198 g/mol. The van der Waals surface area contributed by atoms with Gasteiger partial charge in [0.2, 0.25) is 0 Å². The van der Waals surface area contributed by atoms with Crippen LogP contribution in [0.5, 0.6) is 0 Å². The van der Waals surface area contributed by atoms with Crippen LogP contribution in [0, 0.1) is 0 Å². The minimum Gasteiger partial charge on any atom is -0.386 e. The maximum absolute atomic E-state index is 9.59. The van der Waals surface area contributed by atoms with Crippen LogP contribution in [0.15, 0.2) is 12.7 Å². The summed E-state index contributed by atoms with van der Waals surface area (Å²) in [6.07, 6.45) is 5.40. The number of hydrogen-bond donors (Lipinski definition) is 1. The summed E-state index contributed by atoms with van der Waals surface area (Å²) >= 11 is 0. The van der Waals surface area contributed by atoms with Crippen LogP contribution in [-0.4, -0.2) is 36.1 Å². The maximum atomic E-state index is 9.59. The zero-order valence-corrected chi connectivity index (χ0v) is 8.39. The number of aliphatic hydroxyl groups is 1. The van der Waals surface area contributed by atoms with E-state index >= 15 is 0 Å². The summed E-state index contributed by atoms with van der Waals surface area (Å²) in [6.45, 7) is 4.44. The van der Waals surface area contributed by atoms with Crippen molar-refractivity contribution in [2.75, 3.05) is 6.61 Å². The summed E-state index contributed by atoms with van der Waals surface area (Å²) in [6, 6.07) is 0. The molecule has 2 heterocycles. The molecular weight excluding hydrogens is 180 g/mol. The van der Waals surface area contributed by atoms with Crippen molar-refractivity contribution >= 4 is 0 Å². The van der Waals surface area contributed by atoms with Gasteiger partial charge < -0.3 is 14.6 Å². The second-order valence-electron chi connectivity index (χ2n) is 4.07. The molecule has 80 valence electrons. The molecule has 0 unspecified atom stereocenters. The van der Waals surface area contributed by atoms with E-state index in [1.54, 1.807) is 6.08 Å². The molecule has 0 saturated carbocycles. The highest BCUT2D eigenvalue weighted by Gasteiger charge is 2.35. The van der Waals surface area contributed by atoms with Crippen molar-refractivity contribution in [1.82, 2.24) is 0 Å². The third kappa shape index (κ3) is 2.00. The topological polar surface area (TPSA) is 38.7 Å². The summed E-state index contributed by atoms with van der Waals surface area (Å²) in [7, 11) is 0. The van der Waals surface area contributed by atoms with Crippen LogP contribution in [0.4, 0.5) is 0 Å². The van der Waals surface area contributed by atoms with E-state index < -0.39 is 6.10 Å². The summed E-state index contributed by atoms with van der Waals surface area (Å²) in [5, 5.41) is 9.59. The highest BCUT2D eigenvalue weighted by atomic mass is 16.6. The fourth-order valence-corrected chi connectivity index (χ4v) is 2.26. The third-order valence-electron chi connectivity index (χ3n) is 3.09. The van der Waals surface area contributed by atoms with Crippen LogP contribution >= 0.6 is 0 Å². The molecule has 14 heavy (non-hydrogen) atoms. The van der Waals surface area contributed by atoms with E-state index in [0.29, 0.717) is 0 Å². The summed E-state index contributed by atoms with van der Waals surface area (Å²) < 4.78 is 11.4. The highest BCUT2D eigenvalue weighted by molar-refractivity contribution is 4.91. The van der Waals surface area contributed by atoms with Gasteiger partial charge in [0.05, 0.1) is 24.4 Å². The Bertz CT molecular complexity index is 205. The Morgan fingerprint density at radius 2 is 2.14 bits per heavy atom. The molecule has 0 amide bonds. The maximum Gasteiger partial charge on any atom is 0.0980 e. The molecule has 3 heteroatoms. The van der Waals surface area contributed by atoms with E-state index in [0.717, 1.165) is 32.3 Å². The normalized spacial score (nSPS) is 39.9. The lowest BCUT2D eigenvalue weighted by Gasteiger charge is -2.40. The third-order valence-corrected chi connectivity index (χ3v) is 3.09. The summed E-state index contributed by atoms with van der Waals surface area (Å²) in [5.74, 6) is 0. The molecule has 2 rings (SSSR count). The van der Waals surface area contributed by atoms with Gasteiger partial charge in [-0.3, -0.25) is 0 Å². The van der Waals surface area contributed by atoms with E-state index in [-0.39, 0.29) is 18.3 Å². The smallest absolute Gasteiger partial charge is 0.0980 e. The van der Waals surface area contributed by atoms with E-state index in [2.05, 4.69) is 6.58 Å². The molecule has 0 aliphatic carbocycles. The Morgan fingerprint density at radius 1 is 1.29 bits per heavy atom. The number of fused-ring (bicyclic) bond motifs is 1. The molecule has 4 atom stereocenters. The highest BCUT2D eigenvalue weighted by Crippen LogP contribution is 2.29. The predicted molar refractivity (Wildman–Crippen MR) is 53.1 cm³/mol. The second kappa shape index (κ2) is 4.43. The fraction of sp³-hybridized carbons (Fsp3) is 0.818. The lowest BCUT2D eigenvalue weighted by atomic mass is 9.94. The summed E-state index contributed by atoms with van der Waals surface area (Å²) in [5.41, 5.74) is 0.